The van der Waals surface area contributed by atoms with Gasteiger partial charge in [0.1, 0.15) is 4.83 Å². The molecule has 3 heterocycles. The van der Waals surface area contributed by atoms with Gasteiger partial charge in [-0.25, -0.2) is 0 Å². The van der Waals surface area contributed by atoms with Gasteiger partial charge in [-0.1, -0.05) is 19.3 Å². The molecule has 0 unspecified atom stereocenters. The summed E-state index contributed by atoms with van der Waals surface area (Å²) in [5, 5.41) is 18.1. The van der Waals surface area contributed by atoms with Gasteiger partial charge in [0, 0.05) is 18.5 Å². The number of amides is 2. The van der Waals surface area contributed by atoms with Crippen LogP contribution in [0.4, 0.5) is 0 Å². The zero-order valence-electron chi connectivity index (χ0n) is 16.3. The van der Waals surface area contributed by atoms with Gasteiger partial charge in [-0.2, -0.15) is 5.10 Å². The summed E-state index contributed by atoms with van der Waals surface area (Å²) in [6.07, 6.45) is 6.95. The van der Waals surface area contributed by atoms with E-state index < -0.39 is 0 Å². The third-order valence-electron chi connectivity index (χ3n) is 5.93. The maximum absolute atomic E-state index is 12.6. The second-order valence-electron chi connectivity index (χ2n) is 7.95. The van der Waals surface area contributed by atoms with E-state index in [2.05, 4.69) is 10.00 Å². The van der Waals surface area contributed by atoms with E-state index in [1.54, 1.807) is 4.90 Å². The lowest BCUT2D eigenvalue weighted by molar-refractivity contribution is -0.132. The minimum atomic E-state index is -0.316. The fourth-order valence-electron chi connectivity index (χ4n) is 4.23. The third kappa shape index (κ3) is 3.93. The van der Waals surface area contributed by atoms with Crippen LogP contribution in [0, 0.1) is 6.92 Å². The van der Waals surface area contributed by atoms with Crippen molar-refractivity contribution in [3.63, 3.8) is 0 Å². The second kappa shape index (κ2) is 8.21. The molecule has 0 spiro atoms. The van der Waals surface area contributed by atoms with Crippen LogP contribution < -0.4 is 5.32 Å². The minimum absolute atomic E-state index is 0.00307. The molecule has 0 radical (unpaired) electrons. The Balaban J connectivity index is 1.42. The van der Waals surface area contributed by atoms with E-state index in [1.807, 2.05) is 13.0 Å². The highest BCUT2D eigenvalue weighted by Crippen LogP contribution is 2.35. The Bertz CT molecular complexity index is 860. The second-order valence-corrected chi connectivity index (χ2v) is 8.98. The van der Waals surface area contributed by atoms with Crippen LogP contribution in [0.5, 0.6) is 0 Å². The summed E-state index contributed by atoms with van der Waals surface area (Å²) in [6.45, 7) is 3.09. The number of hydrogen-bond acceptors (Lipinski definition) is 5. The molecule has 2 fully saturated rings. The molecule has 4 rings (SSSR count). The lowest BCUT2D eigenvalue weighted by Gasteiger charge is -2.29. The molecule has 7 nitrogen and oxygen atoms in total. The summed E-state index contributed by atoms with van der Waals surface area (Å²) in [4.78, 5) is 28.3. The van der Waals surface area contributed by atoms with Crippen LogP contribution in [0.15, 0.2) is 6.07 Å². The average Bonchev–Trinajstić information content (AvgIpc) is 3.28. The molecule has 2 aliphatic rings. The zero-order valence-corrected chi connectivity index (χ0v) is 17.1. The summed E-state index contributed by atoms with van der Waals surface area (Å²) < 4.78 is 2.12. The topological polar surface area (TPSA) is 87.5 Å². The molecule has 0 bridgehead atoms. The number of piperidine rings is 1. The standard InChI is InChI=1S/C20H28N4O3S/c1-13-16-11-17(28-20(16)24(22-13)14-5-3-2-4-6-14)19(27)21-12-18(26)23-9-7-15(25)8-10-23/h11,14-15,25H,2-10,12H2,1H3,(H,21,27). The van der Waals surface area contributed by atoms with Crippen LogP contribution in [-0.4, -0.2) is 57.3 Å². The van der Waals surface area contributed by atoms with Crippen molar-refractivity contribution in [2.45, 2.75) is 64.0 Å². The van der Waals surface area contributed by atoms with Crippen LogP contribution in [0.1, 0.15) is 66.4 Å². The maximum atomic E-state index is 12.6. The van der Waals surface area contributed by atoms with Gasteiger partial charge < -0.3 is 15.3 Å². The number of thiophene rings is 1. The van der Waals surface area contributed by atoms with Crippen molar-refractivity contribution in [2.24, 2.45) is 0 Å². The van der Waals surface area contributed by atoms with Crippen molar-refractivity contribution in [1.82, 2.24) is 20.0 Å². The monoisotopic (exact) mass is 404 g/mol. The maximum Gasteiger partial charge on any atom is 0.261 e. The Labute approximate surface area is 168 Å². The molecule has 8 heteroatoms. The average molecular weight is 405 g/mol. The SMILES string of the molecule is Cc1nn(C2CCCCC2)c2sc(C(=O)NCC(=O)N3CCC(O)CC3)cc12. The smallest absolute Gasteiger partial charge is 0.261 e. The molecule has 1 aliphatic heterocycles. The van der Waals surface area contributed by atoms with Crippen molar-refractivity contribution in [1.29, 1.82) is 0 Å². The van der Waals surface area contributed by atoms with Crippen molar-refractivity contribution in [3.05, 3.63) is 16.6 Å². The zero-order chi connectivity index (χ0) is 19.7. The fraction of sp³-hybridized carbons (Fsp3) is 0.650. The van der Waals surface area contributed by atoms with Gasteiger partial charge in [0.05, 0.1) is 29.3 Å². The van der Waals surface area contributed by atoms with Crippen molar-refractivity contribution >= 4 is 33.4 Å². The predicted octanol–water partition coefficient (Wildman–Crippen LogP) is 2.62. The number of fused-ring (bicyclic) bond motifs is 1. The molecule has 1 aliphatic carbocycles. The normalized spacial score (nSPS) is 19.3. The highest BCUT2D eigenvalue weighted by molar-refractivity contribution is 7.20. The number of carbonyl (C=O) groups excluding carboxylic acids is 2. The molecule has 1 saturated carbocycles. The number of aliphatic hydroxyl groups is 1. The van der Waals surface area contributed by atoms with Crippen molar-refractivity contribution in [3.8, 4) is 0 Å². The Morgan fingerprint density at radius 1 is 1.21 bits per heavy atom. The van der Waals surface area contributed by atoms with Gasteiger partial charge in [0.15, 0.2) is 0 Å². The molecular formula is C20H28N4O3S. The van der Waals surface area contributed by atoms with Gasteiger partial charge in [0.2, 0.25) is 5.91 Å². The molecule has 2 aromatic rings. The third-order valence-corrected chi connectivity index (χ3v) is 7.05. The van der Waals surface area contributed by atoms with Gasteiger partial charge in [0.25, 0.3) is 5.91 Å². The lowest BCUT2D eigenvalue weighted by Crippen LogP contribution is -2.44. The summed E-state index contributed by atoms with van der Waals surface area (Å²) in [5.74, 6) is -0.299. The Kier molecular flexibility index (Phi) is 5.68. The number of carbonyl (C=O) groups is 2. The number of aromatic nitrogens is 2. The number of aliphatic hydroxyl groups excluding tert-OH is 1. The number of nitrogens with zero attached hydrogens (tertiary/aromatic N) is 3. The largest absolute Gasteiger partial charge is 0.393 e. The van der Waals surface area contributed by atoms with Gasteiger partial charge >= 0.3 is 0 Å². The quantitative estimate of drug-likeness (QED) is 0.820. The van der Waals surface area contributed by atoms with Gasteiger partial charge in [-0.15, -0.1) is 11.3 Å². The van der Waals surface area contributed by atoms with Crippen LogP contribution in [0.2, 0.25) is 0 Å². The van der Waals surface area contributed by atoms with E-state index in [1.165, 1.54) is 30.6 Å². The van der Waals surface area contributed by atoms with Crippen LogP contribution in [0.25, 0.3) is 10.2 Å². The number of likely N-dealkylation sites (tertiary alicyclic amines) is 1. The molecule has 2 aromatic heterocycles. The van der Waals surface area contributed by atoms with Crippen LogP contribution in [0.3, 0.4) is 0 Å². The summed E-state index contributed by atoms with van der Waals surface area (Å²) in [7, 11) is 0. The summed E-state index contributed by atoms with van der Waals surface area (Å²) in [5.41, 5.74) is 0.957. The molecule has 0 atom stereocenters. The van der Waals surface area contributed by atoms with Gasteiger partial charge in [-0.3, -0.25) is 14.3 Å². The van der Waals surface area contributed by atoms with Crippen molar-refractivity contribution in [2.75, 3.05) is 19.6 Å². The minimum Gasteiger partial charge on any atom is -0.393 e. The molecule has 0 aromatic carbocycles. The van der Waals surface area contributed by atoms with Crippen LogP contribution in [-0.2, 0) is 4.79 Å². The van der Waals surface area contributed by atoms with E-state index in [9.17, 15) is 14.7 Å². The van der Waals surface area contributed by atoms with E-state index in [0.717, 1.165) is 28.8 Å². The van der Waals surface area contributed by atoms with E-state index in [0.29, 0.717) is 36.9 Å². The lowest BCUT2D eigenvalue weighted by atomic mass is 9.96. The summed E-state index contributed by atoms with van der Waals surface area (Å²) >= 11 is 1.46. The van der Waals surface area contributed by atoms with Crippen molar-refractivity contribution < 1.29 is 14.7 Å². The number of aryl methyl sites for hydroxylation is 1. The number of hydrogen-bond donors (Lipinski definition) is 2. The Morgan fingerprint density at radius 3 is 2.64 bits per heavy atom. The molecule has 2 amide bonds. The van der Waals surface area contributed by atoms with E-state index in [-0.39, 0.29) is 24.5 Å². The first-order valence-electron chi connectivity index (χ1n) is 10.3. The first kappa shape index (κ1) is 19.4. The predicted molar refractivity (Wildman–Crippen MR) is 109 cm³/mol. The van der Waals surface area contributed by atoms with Gasteiger partial charge in [-0.05, 0) is 38.7 Å². The number of rotatable bonds is 4. The molecular weight excluding hydrogens is 376 g/mol. The molecule has 2 N–H and O–H groups in total. The van der Waals surface area contributed by atoms with E-state index in [4.69, 9.17) is 5.10 Å². The first-order valence-corrected chi connectivity index (χ1v) is 11.1. The summed E-state index contributed by atoms with van der Waals surface area (Å²) in [6, 6.07) is 2.33. The molecule has 152 valence electrons. The fourth-order valence-corrected chi connectivity index (χ4v) is 5.38. The highest BCUT2D eigenvalue weighted by Gasteiger charge is 2.24. The Hall–Kier alpha value is -1.93. The first-order chi connectivity index (χ1) is 13.5. The Morgan fingerprint density at radius 2 is 1.93 bits per heavy atom. The number of nitrogens with one attached hydrogen (secondary N) is 1. The molecule has 28 heavy (non-hydrogen) atoms. The van der Waals surface area contributed by atoms with Crippen LogP contribution >= 0.6 is 11.3 Å². The molecule has 1 saturated heterocycles. The van der Waals surface area contributed by atoms with E-state index >= 15 is 0 Å². The highest BCUT2D eigenvalue weighted by atomic mass is 32.1.